The average molecular weight is 280 g/mol. The second kappa shape index (κ2) is 5.96. The van der Waals surface area contributed by atoms with Crippen LogP contribution in [0.4, 0.5) is 6.01 Å². The lowest BCUT2D eigenvalue weighted by atomic mass is 10.1. The molecule has 0 saturated carbocycles. The monoisotopic (exact) mass is 280 g/mol. The van der Waals surface area contributed by atoms with E-state index >= 15 is 0 Å². The maximum Gasteiger partial charge on any atom is 0.328 e. The number of carbonyl (C=O) groups is 1. The minimum atomic E-state index is -0.203. The molecule has 104 valence electrons. The molecule has 2 heterocycles. The van der Waals surface area contributed by atoms with Gasteiger partial charge in [-0.05, 0) is 17.7 Å². The third-order valence-electron chi connectivity index (χ3n) is 2.82. The molecule has 0 spiro atoms. The Morgan fingerprint density at radius 2 is 1.86 bits per heavy atom. The number of benzene rings is 1. The molecule has 0 aliphatic rings. The molecule has 6 heteroatoms. The molecule has 21 heavy (non-hydrogen) atoms. The van der Waals surface area contributed by atoms with Crippen molar-refractivity contribution in [2.75, 3.05) is 5.32 Å². The van der Waals surface area contributed by atoms with Crippen molar-refractivity contribution >= 4 is 11.9 Å². The van der Waals surface area contributed by atoms with Crippen molar-refractivity contribution < 1.29 is 9.32 Å². The van der Waals surface area contributed by atoms with Gasteiger partial charge in [0.05, 0.1) is 6.42 Å². The predicted molar refractivity (Wildman–Crippen MR) is 76.3 cm³/mol. The van der Waals surface area contributed by atoms with E-state index in [1.165, 1.54) is 0 Å². The molecule has 1 aromatic carbocycles. The number of pyridine rings is 1. The number of hydrogen-bond donors (Lipinski definition) is 1. The molecular formula is C15H12N4O2. The zero-order chi connectivity index (χ0) is 14.5. The number of aromatic nitrogens is 3. The molecule has 0 bridgehead atoms. The van der Waals surface area contributed by atoms with Crippen molar-refractivity contribution in [2.45, 2.75) is 6.42 Å². The summed E-state index contributed by atoms with van der Waals surface area (Å²) in [5.41, 5.74) is 1.70. The Bertz CT molecular complexity index is 726. The normalized spacial score (nSPS) is 10.3. The van der Waals surface area contributed by atoms with Gasteiger partial charge in [0.2, 0.25) is 11.7 Å². The SMILES string of the molecule is O=C(Cc1ccccc1)Nc1nc(-c2ccncc2)no1. The van der Waals surface area contributed by atoms with E-state index in [1.54, 1.807) is 24.5 Å². The molecular weight excluding hydrogens is 268 g/mol. The van der Waals surface area contributed by atoms with Crippen molar-refractivity contribution in [3.05, 3.63) is 60.4 Å². The van der Waals surface area contributed by atoms with Gasteiger partial charge in [-0.2, -0.15) is 4.98 Å². The summed E-state index contributed by atoms with van der Waals surface area (Å²) < 4.78 is 5.01. The van der Waals surface area contributed by atoms with E-state index in [2.05, 4.69) is 20.4 Å². The highest BCUT2D eigenvalue weighted by Crippen LogP contribution is 2.16. The smallest absolute Gasteiger partial charge is 0.315 e. The number of nitrogens with zero attached hydrogens (tertiary/aromatic N) is 3. The van der Waals surface area contributed by atoms with Crippen molar-refractivity contribution in [3.8, 4) is 11.4 Å². The molecule has 6 nitrogen and oxygen atoms in total. The number of rotatable bonds is 4. The molecule has 1 amide bonds. The molecule has 3 aromatic rings. The first kappa shape index (κ1) is 13.0. The highest BCUT2D eigenvalue weighted by atomic mass is 16.5. The van der Waals surface area contributed by atoms with Crippen molar-refractivity contribution in [2.24, 2.45) is 0 Å². The third kappa shape index (κ3) is 3.30. The Morgan fingerprint density at radius 3 is 2.62 bits per heavy atom. The summed E-state index contributed by atoms with van der Waals surface area (Å²) in [6.07, 6.45) is 3.53. The van der Waals surface area contributed by atoms with Gasteiger partial charge >= 0.3 is 6.01 Å². The largest absolute Gasteiger partial charge is 0.328 e. The molecule has 0 radical (unpaired) electrons. The summed E-state index contributed by atoms with van der Waals surface area (Å²) in [6, 6.07) is 13.1. The van der Waals surface area contributed by atoms with Gasteiger partial charge in [0, 0.05) is 18.0 Å². The fourth-order valence-electron chi connectivity index (χ4n) is 1.84. The Morgan fingerprint density at radius 1 is 1.10 bits per heavy atom. The molecule has 0 saturated heterocycles. The number of nitrogens with one attached hydrogen (secondary N) is 1. The molecule has 1 N–H and O–H groups in total. The Labute approximate surface area is 120 Å². The third-order valence-corrected chi connectivity index (χ3v) is 2.82. The second-order valence-corrected chi connectivity index (χ2v) is 4.37. The van der Waals surface area contributed by atoms with Crippen LogP contribution >= 0.6 is 0 Å². The quantitative estimate of drug-likeness (QED) is 0.793. The van der Waals surface area contributed by atoms with Gasteiger partial charge in [0.25, 0.3) is 0 Å². The lowest BCUT2D eigenvalue weighted by Crippen LogP contribution is -2.14. The summed E-state index contributed by atoms with van der Waals surface area (Å²) in [5.74, 6) is 0.207. The topological polar surface area (TPSA) is 80.9 Å². The Kier molecular flexibility index (Phi) is 3.68. The van der Waals surface area contributed by atoms with Crippen LogP contribution in [0.5, 0.6) is 0 Å². The lowest BCUT2D eigenvalue weighted by Gasteiger charge is -1.99. The highest BCUT2D eigenvalue weighted by Gasteiger charge is 2.11. The maximum absolute atomic E-state index is 11.9. The van der Waals surface area contributed by atoms with E-state index in [9.17, 15) is 4.79 Å². The van der Waals surface area contributed by atoms with Crippen molar-refractivity contribution in [1.29, 1.82) is 0 Å². The van der Waals surface area contributed by atoms with Gasteiger partial charge in [0.1, 0.15) is 0 Å². The Hall–Kier alpha value is -3.02. The van der Waals surface area contributed by atoms with Gasteiger partial charge in [-0.15, -0.1) is 0 Å². The van der Waals surface area contributed by atoms with Gasteiger partial charge in [-0.1, -0.05) is 35.5 Å². The Balaban J connectivity index is 1.66. The summed E-state index contributed by atoms with van der Waals surface area (Å²) >= 11 is 0. The van der Waals surface area contributed by atoms with E-state index in [0.717, 1.165) is 11.1 Å². The molecule has 2 aromatic heterocycles. The zero-order valence-corrected chi connectivity index (χ0v) is 11.1. The van der Waals surface area contributed by atoms with Crippen LogP contribution in [-0.2, 0) is 11.2 Å². The summed E-state index contributed by atoms with van der Waals surface area (Å²) in [6.45, 7) is 0. The number of anilines is 1. The van der Waals surface area contributed by atoms with Gasteiger partial charge in [0.15, 0.2) is 0 Å². The standard InChI is InChI=1S/C15H12N4O2/c20-13(10-11-4-2-1-3-5-11)17-15-18-14(19-21-15)12-6-8-16-9-7-12/h1-9H,10H2,(H,17,18,19,20). The first-order valence-corrected chi connectivity index (χ1v) is 6.39. The second-order valence-electron chi connectivity index (χ2n) is 4.37. The van der Waals surface area contributed by atoms with E-state index in [1.807, 2.05) is 30.3 Å². The van der Waals surface area contributed by atoms with Crippen LogP contribution in [0.25, 0.3) is 11.4 Å². The van der Waals surface area contributed by atoms with E-state index in [-0.39, 0.29) is 18.3 Å². The molecule has 3 rings (SSSR count). The zero-order valence-electron chi connectivity index (χ0n) is 11.1. The molecule has 0 aliphatic heterocycles. The lowest BCUT2D eigenvalue weighted by molar-refractivity contribution is -0.115. The number of amides is 1. The fraction of sp³-hybridized carbons (Fsp3) is 0.0667. The fourth-order valence-corrected chi connectivity index (χ4v) is 1.84. The average Bonchev–Trinajstić information content (AvgIpc) is 2.97. The van der Waals surface area contributed by atoms with E-state index in [4.69, 9.17) is 4.52 Å². The van der Waals surface area contributed by atoms with Gasteiger partial charge in [-0.3, -0.25) is 15.1 Å². The van der Waals surface area contributed by atoms with Crippen LogP contribution < -0.4 is 5.32 Å². The van der Waals surface area contributed by atoms with Crippen LogP contribution in [0.3, 0.4) is 0 Å². The molecule has 0 atom stereocenters. The van der Waals surface area contributed by atoms with E-state index in [0.29, 0.717) is 5.82 Å². The summed E-state index contributed by atoms with van der Waals surface area (Å²) in [4.78, 5) is 19.9. The predicted octanol–water partition coefficient (Wildman–Crippen LogP) is 2.31. The van der Waals surface area contributed by atoms with Crippen LogP contribution in [0, 0.1) is 0 Å². The van der Waals surface area contributed by atoms with Crippen LogP contribution in [0.15, 0.2) is 59.4 Å². The van der Waals surface area contributed by atoms with Crippen LogP contribution in [-0.4, -0.2) is 21.0 Å². The van der Waals surface area contributed by atoms with E-state index < -0.39 is 0 Å². The van der Waals surface area contributed by atoms with Crippen molar-refractivity contribution in [1.82, 2.24) is 15.1 Å². The van der Waals surface area contributed by atoms with Gasteiger partial charge in [-0.25, -0.2) is 0 Å². The first-order valence-electron chi connectivity index (χ1n) is 6.39. The summed E-state index contributed by atoms with van der Waals surface area (Å²) in [7, 11) is 0. The van der Waals surface area contributed by atoms with Crippen LogP contribution in [0.2, 0.25) is 0 Å². The highest BCUT2D eigenvalue weighted by molar-refractivity contribution is 5.90. The van der Waals surface area contributed by atoms with Crippen LogP contribution in [0.1, 0.15) is 5.56 Å². The maximum atomic E-state index is 11.9. The van der Waals surface area contributed by atoms with Crippen molar-refractivity contribution in [3.63, 3.8) is 0 Å². The minimum Gasteiger partial charge on any atom is -0.315 e. The molecule has 0 unspecified atom stereocenters. The minimum absolute atomic E-state index is 0.0859. The number of hydrogen-bond acceptors (Lipinski definition) is 5. The van der Waals surface area contributed by atoms with Gasteiger partial charge < -0.3 is 4.52 Å². The molecule has 0 fully saturated rings. The summed E-state index contributed by atoms with van der Waals surface area (Å²) in [5, 5.41) is 6.40. The first-order chi connectivity index (χ1) is 10.3. The number of carbonyl (C=O) groups excluding carboxylic acids is 1. The molecule has 0 aliphatic carbocycles.